The molecule has 1 unspecified atom stereocenters. The van der Waals surface area contributed by atoms with Crippen molar-refractivity contribution in [2.24, 2.45) is 12.8 Å². The number of aryl methyl sites for hydroxylation is 1. The summed E-state index contributed by atoms with van der Waals surface area (Å²) >= 11 is 0. The lowest BCUT2D eigenvalue weighted by atomic mass is 10.1. The van der Waals surface area contributed by atoms with E-state index in [-0.39, 0.29) is 6.04 Å². The first-order valence-corrected chi connectivity index (χ1v) is 5.31. The molecule has 1 heterocycles. The minimum absolute atomic E-state index is 0.212. The van der Waals surface area contributed by atoms with Crippen LogP contribution in [0.3, 0.4) is 0 Å². The quantitative estimate of drug-likeness (QED) is 0.541. The van der Waals surface area contributed by atoms with E-state index in [2.05, 4.69) is 22.6 Å². The number of allylic oxidation sites excluding steroid dienone is 1. The van der Waals surface area contributed by atoms with E-state index in [1.165, 1.54) is 0 Å². The van der Waals surface area contributed by atoms with Crippen molar-refractivity contribution < 1.29 is 0 Å². The van der Waals surface area contributed by atoms with Crippen LogP contribution in [0.15, 0.2) is 24.5 Å². The van der Waals surface area contributed by atoms with Crippen molar-refractivity contribution in [2.45, 2.75) is 19.4 Å². The Morgan fingerprint density at radius 3 is 3.00 bits per heavy atom. The van der Waals surface area contributed by atoms with Gasteiger partial charge in [0.2, 0.25) is 0 Å². The van der Waals surface area contributed by atoms with E-state index in [0.29, 0.717) is 6.54 Å². The van der Waals surface area contributed by atoms with Crippen molar-refractivity contribution in [3.63, 3.8) is 0 Å². The second-order valence-corrected chi connectivity index (χ2v) is 3.55. The molecule has 0 saturated carbocycles. The Kier molecular flexibility index (Phi) is 5.07. The molecule has 0 fully saturated rings. The van der Waals surface area contributed by atoms with Crippen molar-refractivity contribution in [2.75, 3.05) is 13.1 Å². The average molecular weight is 208 g/mol. The Morgan fingerprint density at radius 2 is 2.47 bits per heavy atom. The van der Waals surface area contributed by atoms with Crippen LogP contribution in [-0.2, 0) is 7.05 Å². The molecule has 0 aliphatic carbocycles. The molecule has 0 saturated heterocycles. The summed E-state index contributed by atoms with van der Waals surface area (Å²) in [6, 6.07) is 0.212. The number of rotatable bonds is 6. The third-order valence-corrected chi connectivity index (χ3v) is 2.30. The van der Waals surface area contributed by atoms with Crippen LogP contribution in [0, 0.1) is 0 Å². The van der Waals surface area contributed by atoms with E-state index in [4.69, 9.17) is 5.73 Å². The number of nitrogens with zero attached hydrogens (tertiary/aromatic N) is 2. The van der Waals surface area contributed by atoms with Gasteiger partial charge in [0.15, 0.2) is 0 Å². The summed E-state index contributed by atoms with van der Waals surface area (Å²) in [6.07, 6.45) is 9.10. The van der Waals surface area contributed by atoms with Gasteiger partial charge in [-0.3, -0.25) is 4.68 Å². The summed E-state index contributed by atoms with van der Waals surface area (Å²) in [5, 5.41) is 7.54. The highest BCUT2D eigenvalue weighted by Gasteiger charge is 2.09. The smallest absolute Gasteiger partial charge is 0.0538 e. The minimum atomic E-state index is 0.212. The number of nitrogens with two attached hydrogens (primary N) is 1. The van der Waals surface area contributed by atoms with Crippen LogP contribution in [0.2, 0.25) is 0 Å². The van der Waals surface area contributed by atoms with Crippen LogP contribution in [0.25, 0.3) is 0 Å². The van der Waals surface area contributed by atoms with Crippen molar-refractivity contribution in [3.05, 3.63) is 30.1 Å². The zero-order valence-electron chi connectivity index (χ0n) is 9.48. The Hall–Kier alpha value is -1.13. The molecule has 1 atom stereocenters. The average Bonchev–Trinajstić information content (AvgIpc) is 2.65. The number of aromatic nitrogens is 2. The molecule has 84 valence electrons. The molecule has 0 aliphatic heterocycles. The molecule has 1 rings (SSSR count). The molecule has 0 aliphatic rings. The summed E-state index contributed by atoms with van der Waals surface area (Å²) in [4.78, 5) is 0. The van der Waals surface area contributed by atoms with Gasteiger partial charge in [-0.2, -0.15) is 5.10 Å². The normalized spacial score (nSPS) is 13.5. The molecule has 15 heavy (non-hydrogen) atoms. The number of hydrogen-bond acceptors (Lipinski definition) is 3. The van der Waals surface area contributed by atoms with E-state index < -0.39 is 0 Å². The van der Waals surface area contributed by atoms with Crippen LogP contribution in [0.1, 0.15) is 24.9 Å². The fraction of sp³-hybridized carbons (Fsp3) is 0.545. The van der Waals surface area contributed by atoms with Crippen molar-refractivity contribution in [3.8, 4) is 0 Å². The summed E-state index contributed by atoms with van der Waals surface area (Å²) in [5.74, 6) is 0. The monoisotopic (exact) mass is 208 g/mol. The molecular formula is C11H20N4. The topological polar surface area (TPSA) is 55.9 Å². The molecule has 3 N–H and O–H groups in total. The lowest BCUT2D eigenvalue weighted by Crippen LogP contribution is -2.28. The first-order valence-electron chi connectivity index (χ1n) is 5.31. The SMILES string of the molecule is C/C=C/CCNC(CN)c1cnn(C)c1. The van der Waals surface area contributed by atoms with Gasteiger partial charge in [0.05, 0.1) is 6.20 Å². The molecule has 0 spiro atoms. The molecule has 4 nitrogen and oxygen atoms in total. The van der Waals surface area contributed by atoms with Crippen molar-refractivity contribution in [1.29, 1.82) is 0 Å². The van der Waals surface area contributed by atoms with E-state index >= 15 is 0 Å². The van der Waals surface area contributed by atoms with Crippen molar-refractivity contribution >= 4 is 0 Å². The fourth-order valence-corrected chi connectivity index (χ4v) is 1.46. The van der Waals surface area contributed by atoms with Gasteiger partial charge >= 0.3 is 0 Å². The van der Waals surface area contributed by atoms with Gasteiger partial charge in [-0.15, -0.1) is 0 Å². The Morgan fingerprint density at radius 1 is 1.67 bits per heavy atom. The van der Waals surface area contributed by atoms with Gasteiger partial charge in [-0.05, 0) is 19.9 Å². The third kappa shape index (κ3) is 3.85. The first kappa shape index (κ1) is 11.9. The van der Waals surface area contributed by atoms with Gasteiger partial charge in [-0.25, -0.2) is 0 Å². The summed E-state index contributed by atoms with van der Waals surface area (Å²) in [6.45, 7) is 3.57. The lowest BCUT2D eigenvalue weighted by Gasteiger charge is -2.14. The van der Waals surface area contributed by atoms with Crippen LogP contribution in [0.5, 0.6) is 0 Å². The molecule has 1 aromatic rings. The van der Waals surface area contributed by atoms with Crippen LogP contribution >= 0.6 is 0 Å². The zero-order valence-corrected chi connectivity index (χ0v) is 9.48. The zero-order chi connectivity index (χ0) is 11.1. The Balaban J connectivity index is 2.42. The predicted molar refractivity (Wildman–Crippen MR) is 62.4 cm³/mol. The molecule has 0 amide bonds. The largest absolute Gasteiger partial charge is 0.329 e. The predicted octanol–water partition coefficient (Wildman–Crippen LogP) is 0.976. The highest BCUT2D eigenvalue weighted by molar-refractivity contribution is 5.10. The van der Waals surface area contributed by atoms with Gasteiger partial charge < -0.3 is 11.1 Å². The third-order valence-electron chi connectivity index (χ3n) is 2.30. The van der Waals surface area contributed by atoms with E-state index in [1.807, 2.05) is 26.4 Å². The van der Waals surface area contributed by atoms with Crippen LogP contribution in [-0.4, -0.2) is 22.9 Å². The second kappa shape index (κ2) is 6.37. The Bertz CT molecular complexity index is 303. The minimum Gasteiger partial charge on any atom is -0.329 e. The lowest BCUT2D eigenvalue weighted by molar-refractivity contribution is 0.548. The second-order valence-electron chi connectivity index (χ2n) is 3.55. The van der Waals surface area contributed by atoms with Gasteiger partial charge in [0.1, 0.15) is 0 Å². The van der Waals surface area contributed by atoms with Crippen LogP contribution < -0.4 is 11.1 Å². The van der Waals surface area contributed by atoms with Crippen LogP contribution in [0.4, 0.5) is 0 Å². The van der Waals surface area contributed by atoms with Gasteiger partial charge in [-0.1, -0.05) is 12.2 Å². The molecule has 0 radical (unpaired) electrons. The summed E-state index contributed by atoms with van der Waals surface area (Å²) in [7, 11) is 1.91. The molecule has 4 heteroatoms. The maximum Gasteiger partial charge on any atom is 0.0538 e. The van der Waals surface area contributed by atoms with E-state index in [0.717, 1.165) is 18.5 Å². The molecule has 0 bridgehead atoms. The van der Waals surface area contributed by atoms with Crippen molar-refractivity contribution in [1.82, 2.24) is 15.1 Å². The molecule has 1 aromatic heterocycles. The van der Waals surface area contributed by atoms with E-state index in [1.54, 1.807) is 4.68 Å². The summed E-state index contributed by atoms with van der Waals surface area (Å²) < 4.78 is 1.80. The Labute approximate surface area is 91.2 Å². The first-order chi connectivity index (χ1) is 7.27. The fourth-order valence-electron chi connectivity index (χ4n) is 1.46. The van der Waals surface area contributed by atoms with E-state index in [9.17, 15) is 0 Å². The maximum atomic E-state index is 5.71. The molecule has 0 aromatic carbocycles. The molecular weight excluding hydrogens is 188 g/mol. The number of nitrogens with one attached hydrogen (secondary N) is 1. The highest BCUT2D eigenvalue weighted by Crippen LogP contribution is 2.09. The maximum absolute atomic E-state index is 5.71. The number of hydrogen-bond donors (Lipinski definition) is 2. The summed E-state index contributed by atoms with van der Waals surface area (Å²) in [5.41, 5.74) is 6.86. The highest BCUT2D eigenvalue weighted by atomic mass is 15.2. The van der Waals surface area contributed by atoms with Gasteiger partial charge in [0.25, 0.3) is 0 Å². The van der Waals surface area contributed by atoms with Gasteiger partial charge in [0, 0.05) is 31.4 Å². The standard InChI is InChI=1S/C11H20N4/c1-3-4-5-6-13-11(7-12)10-8-14-15(2)9-10/h3-4,8-9,11,13H,5-7,12H2,1-2H3/b4-3+.